The number of hydrogen-bond acceptors (Lipinski definition) is 3. The minimum Gasteiger partial charge on any atom is -0.115 e. The molecule has 0 spiro atoms. The molecule has 0 bridgehead atoms. The van der Waals surface area contributed by atoms with Crippen LogP contribution in [0.15, 0.2) is 23.3 Å². The zero-order chi connectivity index (χ0) is 11.0. The molecule has 0 aromatic carbocycles. The lowest BCUT2D eigenvalue weighted by Crippen LogP contribution is -1.87. The van der Waals surface area contributed by atoms with Crippen molar-refractivity contribution in [3.05, 3.63) is 23.3 Å². The molecule has 0 radical (unpaired) electrons. The number of hydrogen-bond donors (Lipinski definition) is 0. The molecular formula is C10H18O3P+. The van der Waals surface area contributed by atoms with Gasteiger partial charge in [0.25, 0.3) is 0 Å². The Labute approximate surface area is 86.7 Å². The summed E-state index contributed by atoms with van der Waals surface area (Å²) in [5.41, 5.74) is 2.27. The molecule has 0 unspecified atom stereocenters. The molecule has 0 aromatic rings. The molecule has 14 heavy (non-hydrogen) atoms. The fourth-order valence-electron chi connectivity index (χ4n) is 0.567. The molecule has 0 N–H and O–H groups in total. The predicted molar refractivity (Wildman–Crippen MR) is 58.4 cm³/mol. The van der Waals surface area contributed by atoms with Gasteiger partial charge < -0.3 is 0 Å². The second kappa shape index (κ2) is 7.86. The standard InChI is InChI=1S/C10H18O3P/c1-9(2)5-7-12-14(11)13-8-6-10(3)4/h5-6H,7-8H2,1-4H3/q+1. The van der Waals surface area contributed by atoms with Crippen LogP contribution in [-0.4, -0.2) is 13.2 Å². The number of rotatable bonds is 6. The molecule has 0 saturated heterocycles. The van der Waals surface area contributed by atoms with Gasteiger partial charge in [-0.15, -0.1) is 9.05 Å². The van der Waals surface area contributed by atoms with E-state index in [1.807, 2.05) is 39.8 Å². The van der Waals surface area contributed by atoms with Crippen molar-refractivity contribution in [2.45, 2.75) is 27.7 Å². The van der Waals surface area contributed by atoms with Crippen LogP contribution in [0.25, 0.3) is 0 Å². The van der Waals surface area contributed by atoms with Gasteiger partial charge in [-0.2, -0.15) is 0 Å². The molecule has 0 saturated carbocycles. The van der Waals surface area contributed by atoms with E-state index in [-0.39, 0.29) is 0 Å². The Morgan fingerprint density at radius 1 is 1.00 bits per heavy atom. The summed E-state index contributed by atoms with van der Waals surface area (Å²) in [6, 6.07) is 0. The van der Waals surface area contributed by atoms with Gasteiger partial charge >= 0.3 is 8.25 Å². The van der Waals surface area contributed by atoms with Gasteiger partial charge in [0.1, 0.15) is 13.2 Å². The molecule has 0 heterocycles. The highest BCUT2D eigenvalue weighted by Crippen LogP contribution is 2.23. The molecule has 0 amide bonds. The highest BCUT2D eigenvalue weighted by atomic mass is 31.1. The Morgan fingerprint density at radius 2 is 1.36 bits per heavy atom. The minimum atomic E-state index is -1.98. The highest BCUT2D eigenvalue weighted by Gasteiger charge is 2.17. The predicted octanol–water partition coefficient (Wildman–Crippen LogP) is 3.61. The first kappa shape index (κ1) is 13.5. The summed E-state index contributed by atoms with van der Waals surface area (Å²) in [5.74, 6) is 0. The minimum absolute atomic E-state index is 0.340. The van der Waals surface area contributed by atoms with E-state index < -0.39 is 8.25 Å². The second-order valence-electron chi connectivity index (χ2n) is 3.38. The molecule has 0 fully saturated rings. The van der Waals surface area contributed by atoms with Crippen molar-refractivity contribution in [2.24, 2.45) is 0 Å². The average Bonchev–Trinajstić information content (AvgIpc) is 2.02. The van der Waals surface area contributed by atoms with Gasteiger partial charge in [0.05, 0.1) is 0 Å². The van der Waals surface area contributed by atoms with Crippen molar-refractivity contribution in [2.75, 3.05) is 13.2 Å². The fourth-order valence-corrected chi connectivity index (χ4v) is 1.03. The first-order valence-electron chi connectivity index (χ1n) is 4.52. The van der Waals surface area contributed by atoms with Crippen molar-refractivity contribution < 1.29 is 13.6 Å². The Hall–Kier alpha value is -0.500. The Balaban J connectivity index is 3.57. The van der Waals surface area contributed by atoms with Gasteiger partial charge in [0, 0.05) is 4.57 Å². The van der Waals surface area contributed by atoms with Crippen LogP contribution in [0.2, 0.25) is 0 Å². The summed E-state index contributed by atoms with van der Waals surface area (Å²) in [4.78, 5) is 0. The Morgan fingerprint density at radius 3 is 1.64 bits per heavy atom. The monoisotopic (exact) mass is 217 g/mol. The number of allylic oxidation sites excluding steroid dienone is 2. The maximum absolute atomic E-state index is 11.1. The van der Waals surface area contributed by atoms with Gasteiger partial charge in [0.15, 0.2) is 0 Å². The Kier molecular flexibility index (Phi) is 7.58. The molecule has 0 aliphatic heterocycles. The second-order valence-corrected chi connectivity index (χ2v) is 4.34. The van der Waals surface area contributed by atoms with Crippen molar-refractivity contribution in [3.63, 3.8) is 0 Å². The summed E-state index contributed by atoms with van der Waals surface area (Å²) >= 11 is 0. The third-order valence-electron chi connectivity index (χ3n) is 1.34. The van der Waals surface area contributed by atoms with E-state index in [9.17, 15) is 4.57 Å². The topological polar surface area (TPSA) is 35.5 Å². The van der Waals surface area contributed by atoms with Gasteiger partial charge in [-0.05, 0) is 27.7 Å². The van der Waals surface area contributed by atoms with Gasteiger partial charge in [-0.3, -0.25) is 0 Å². The summed E-state index contributed by atoms with van der Waals surface area (Å²) in [7, 11) is -1.98. The van der Waals surface area contributed by atoms with Crippen LogP contribution in [0, 0.1) is 0 Å². The third kappa shape index (κ3) is 9.59. The summed E-state index contributed by atoms with van der Waals surface area (Å²) in [6.07, 6.45) is 3.72. The van der Waals surface area contributed by atoms with E-state index in [2.05, 4.69) is 0 Å². The zero-order valence-electron chi connectivity index (χ0n) is 9.24. The summed E-state index contributed by atoms with van der Waals surface area (Å²) < 4.78 is 20.9. The molecule has 4 heteroatoms. The van der Waals surface area contributed by atoms with Gasteiger partial charge in [-0.1, -0.05) is 23.3 Å². The first-order valence-corrected chi connectivity index (χ1v) is 5.61. The highest BCUT2D eigenvalue weighted by molar-refractivity contribution is 7.33. The SMILES string of the molecule is CC(C)=CCO[P+](=O)OCC=C(C)C. The fraction of sp³-hybridized carbons (Fsp3) is 0.600. The van der Waals surface area contributed by atoms with Crippen LogP contribution in [0.3, 0.4) is 0 Å². The van der Waals surface area contributed by atoms with Crippen LogP contribution in [-0.2, 0) is 13.6 Å². The first-order chi connectivity index (χ1) is 6.52. The van der Waals surface area contributed by atoms with E-state index in [4.69, 9.17) is 9.05 Å². The van der Waals surface area contributed by atoms with Gasteiger partial charge in [-0.25, -0.2) is 0 Å². The third-order valence-corrected chi connectivity index (χ3v) is 2.06. The van der Waals surface area contributed by atoms with Gasteiger partial charge in [0.2, 0.25) is 0 Å². The normalized spacial score (nSPS) is 9.43. The lowest BCUT2D eigenvalue weighted by Gasteiger charge is -1.88. The average molecular weight is 217 g/mol. The zero-order valence-corrected chi connectivity index (χ0v) is 10.1. The van der Waals surface area contributed by atoms with Crippen LogP contribution >= 0.6 is 8.25 Å². The maximum Gasteiger partial charge on any atom is 0.698 e. The van der Waals surface area contributed by atoms with Crippen LogP contribution < -0.4 is 0 Å². The lowest BCUT2D eigenvalue weighted by atomic mass is 10.3. The largest absolute Gasteiger partial charge is 0.698 e. The molecule has 0 atom stereocenters. The van der Waals surface area contributed by atoms with E-state index in [0.717, 1.165) is 11.1 Å². The van der Waals surface area contributed by atoms with E-state index in [0.29, 0.717) is 13.2 Å². The molecule has 3 nitrogen and oxygen atoms in total. The molecule has 0 rings (SSSR count). The van der Waals surface area contributed by atoms with Crippen molar-refractivity contribution in [1.82, 2.24) is 0 Å². The molecule has 0 aromatic heterocycles. The lowest BCUT2D eigenvalue weighted by molar-refractivity contribution is 0.260. The smallest absolute Gasteiger partial charge is 0.115 e. The molecule has 0 aliphatic rings. The van der Waals surface area contributed by atoms with Crippen molar-refractivity contribution in [1.29, 1.82) is 0 Å². The van der Waals surface area contributed by atoms with Crippen LogP contribution in [0.4, 0.5) is 0 Å². The quantitative estimate of drug-likeness (QED) is 0.503. The molecule has 0 aliphatic carbocycles. The molecular weight excluding hydrogens is 199 g/mol. The van der Waals surface area contributed by atoms with E-state index in [1.54, 1.807) is 0 Å². The maximum atomic E-state index is 11.1. The molecule has 80 valence electrons. The Bertz CT molecular complexity index is 212. The summed E-state index contributed by atoms with van der Waals surface area (Å²) in [5, 5.41) is 0. The van der Waals surface area contributed by atoms with E-state index in [1.165, 1.54) is 0 Å². The van der Waals surface area contributed by atoms with Crippen LogP contribution in [0.5, 0.6) is 0 Å². The van der Waals surface area contributed by atoms with E-state index >= 15 is 0 Å². The van der Waals surface area contributed by atoms with Crippen molar-refractivity contribution >= 4 is 8.25 Å². The van der Waals surface area contributed by atoms with Crippen molar-refractivity contribution in [3.8, 4) is 0 Å². The summed E-state index contributed by atoms with van der Waals surface area (Å²) in [6.45, 7) is 8.51. The van der Waals surface area contributed by atoms with Crippen LogP contribution in [0.1, 0.15) is 27.7 Å².